The molecule has 0 aliphatic rings. The molecular weight excluding hydrogens is 430 g/mol. The van der Waals surface area contributed by atoms with E-state index in [1.807, 2.05) is 24.3 Å². The van der Waals surface area contributed by atoms with Crippen molar-refractivity contribution in [2.24, 2.45) is 0 Å². The Bertz CT molecular complexity index is 1360. The van der Waals surface area contributed by atoms with Crippen LogP contribution in [-0.2, 0) is 0 Å². The normalized spacial score (nSPS) is 10.6. The third kappa shape index (κ3) is 4.42. The molecule has 0 aliphatic carbocycles. The highest BCUT2D eigenvalue weighted by molar-refractivity contribution is 5.93. The number of benzene rings is 3. The second kappa shape index (κ2) is 8.67. The van der Waals surface area contributed by atoms with Crippen molar-refractivity contribution in [2.45, 2.75) is 6.92 Å². The zero-order valence-corrected chi connectivity index (χ0v) is 17.1. The molecule has 0 saturated carbocycles. The number of carbonyl (C=O) groups excluding carboxylic acids is 1. The van der Waals surface area contributed by atoms with E-state index in [2.05, 4.69) is 15.3 Å². The summed E-state index contributed by atoms with van der Waals surface area (Å²) in [7, 11) is 0. The lowest BCUT2D eigenvalue weighted by atomic mass is 10.1. The second-order valence-electron chi connectivity index (χ2n) is 6.93. The van der Waals surface area contributed by atoms with E-state index < -0.39 is 27.2 Å². The summed E-state index contributed by atoms with van der Waals surface area (Å²) in [5.74, 6) is -0.197. The van der Waals surface area contributed by atoms with Gasteiger partial charge in [-0.1, -0.05) is 12.1 Å². The third-order valence-electron chi connectivity index (χ3n) is 4.85. The number of ether oxygens (including phenoxy) is 1. The standard InChI is InChI=1S/C22H15N5O6/c1-13-19(26(29)30)10-14(11-20(13)27(31)32)22(28)33-16-8-6-15(7-9-16)25-21-17-4-2-3-5-18(17)23-12-24-21/h2-12H,1H3,(H,23,24,25). The van der Waals surface area contributed by atoms with E-state index in [1.54, 1.807) is 12.1 Å². The van der Waals surface area contributed by atoms with Gasteiger partial charge in [-0.15, -0.1) is 0 Å². The Morgan fingerprint density at radius 3 is 2.21 bits per heavy atom. The molecule has 11 nitrogen and oxygen atoms in total. The summed E-state index contributed by atoms with van der Waals surface area (Å²) in [5, 5.41) is 26.4. The van der Waals surface area contributed by atoms with Crippen molar-refractivity contribution >= 4 is 39.8 Å². The van der Waals surface area contributed by atoms with Gasteiger partial charge in [0, 0.05) is 23.2 Å². The van der Waals surface area contributed by atoms with Crippen LogP contribution in [0.25, 0.3) is 10.9 Å². The molecule has 0 saturated heterocycles. The van der Waals surface area contributed by atoms with E-state index in [9.17, 15) is 25.0 Å². The molecule has 3 aromatic carbocycles. The Kier molecular flexibility index (Phi) is 5.60. The van der Waals surface area contributed by atoms with Crippen LogP contribution in [0.1, 0.15) is 15.9 Å². The first kappa shape index (κ1) is 21.3. The predicted octanol–water partition coefficient (Wildman–Crippen LogP) is 4.72. The number of nitro benzene ring substituents is 2. The van der Waals surface area contributed by atoms with Crippen LogP contribution in [0, 0.1) is 27.2 Å². The molecule has 164 valence electrons. The zero-order valence-electron chi connectivity index (χ0n) is 17.1. The number of nitro groups is 2. The summed E-state index contributed by atoms with van der Waals surface area (Å²) in [4.78, 5) is 41.8. The number of para-hydroxylation sites is 1. The molecule has 1 aromatic heterocycles. The van der Waals surface area contributed by atoms with Crippen LogP contribution in [0.2, 0.25) is 0 Å². The molecule has 4 rings (SSSR count). The molecule has 0 amide bonds. The molecule has 0 atom stereocenters. The number of carbonyl (C=O) groups is 1. The van der Waals surface area contributed by atoms with E-state index in [-0.39, 0.29) is 16.9 Å². The first-order chi connectivity index (χ1) is 15.8. The minimum atomic E-state index is -0.955. The largest absolute Gasteiger partial charge is 0.423 e. The van der Waals surface area contributed by atoms with Crippen molar-refractivity contribution < 1.29 is 19.4 Å². The van der Waals surface area contributed by atoms with Crippen molar-refractivity contribution in [2.75, 3.05) is 5.32 Å². The van der Waals surface area contributed by atoms with Crippen molar-refractivity contribution in [1.29, 1.82) is 0 Å². The van der Waals surface area contributed by atoms with Crippen LogP contribution in [-0.4, -0.2) is 25.8 Å². The van der Waals surface area contributed by atoms with Gasteiger partial charge >= 0.3 is 5.97 Å². The molecule has 11 heteroatoms. The average Bonchev–Trinajstić information content (AvgIpc) is 2.80. The van der Waals surface area contributed by atoms with Gasteiger partial charge in [-0.3, -0.25) is 20.2 Å². The van der Waals surface area contributed by atoms with Crippen LogP contribution in [0.5, 0.6) is 5.75 Å². The van der Waals surface area contributed by atoms with Gasteiger partial charge in [0.05, 0.1) is 20.9 Å². The number of anilines is 2. The monoisotopic (exact) mass is 445 g/mol. The maximum Gasteiger partial charge on any atom is 0.344 e. The topological polar surface area (TPSA) is 150 Å². The van der Waals surface area contributed by atoms with E-state index in [1.165, 1.54) is 25.4 Å². The molecule has 0 unspecified atom stereocenters. The van der Waals surface area contributed by atoms with E-state index in [0.29, 0.717) is 11.5 Å². The van der Waals surface area contributed by atoms with Crippen molar-refractivity contribution in [3.8, 4) is 5.75 Å². The fourth-order valence-corrected chi connectivity index (χ4v) is 3.19. The van der Waals surface area contributed by atoms with Crippen LogP contribution in [0.15, 0.2) is 67.0 Å². The molecule has 1 heterocycles. The maximum absolute atomic E-state index is 12.5. The van der Waals surface area contributed by atoms with Crippen LogP contribution < -0.4 is 10.1 Å². The van der Waals surface area contributed by atoms with E-state index in [4.69, 9.17) is 4.74 Å². The van der Waals surface area contributed by atoms with Crippen LogP contribution >= 0.6 is 0 Å². The average molecular weight is 445 g/mol. The molecule has 0 aliphatic heterocycles. The predicted molar refractivity (Wildman–Crippen MR) is 119 cm³/mol. The highest BCUT2D eigenvalue weighted by atomic mass is 16.6. The van der Waals surface area contributed by atoms with Gasteiger partial charge in [-0.2, -0.15) is 0 Å². The first-order valence-electron chi connectivity index (χ1n) is 9.56. The highest BCUT2D eigenvalue weighted by Crippen LogP contribution is 2.30. The van der Waals surface area contributed by atoms with Gasteiger partial charge in [0.25, 0.3) is 11.4 Å². The van der Waals surface area contributed by atoms with Gasteiger partial charge in [0.15, 0.2) is 0 Å². The lowest BCUT2D eigenvalue weighted by Crippen LogP contribution is -2.10. The van der Waals surface area contributed by atoms with Crippen molar-refractivity contribution in [1.82, 2.24) is 9.97 Å². The number of hydrogen-bond acceptors (Lipinski definition) is 9. The minimum absolute atomic E-state index is 0.144. The smallest absolute Gasteiger partial charge is 0.344 e. The Morgan fingerprint density at radius 2 is 1.58 bits per heavy atom. The van der Waals surface area contributed by atoms with Gasteiger partial charge in [0.2, 0.25) is 0 Å². The lowest BCUT2D eigenvalue weighted by Gasteiger charge is -2.09. The number of nitrogens with one attached hydrogen (secondary N) is 1. The van der Waals surface area contributed by atoms with E-state index >= 15 is 0 Å². The number of aromatic nitrogens is 2. The van der Waals surface area contributed by atoms with Crippen molar-refractivity contribution in [3.05, 3.63) is 98.3 Å². The maximum atomic E-state index is 12.5. The summed E-state index contributed by atoms with van der Waals surface area (Å²) in [6.07, 6.45) is 1.45. The summed E-state index contributed by atoms with van der Waals surface area (Å²) < 4.78 is 5.25. The van der Waals surface area contributed by atoms with Gasteiger partial charge < -0.3 is 10.1 Å². The van der Waals surface area contributed by atoms with E-state index in [0.717, 1.165) is 23.0 Å². The Balaban J connectivity index is 1.54. The fourth-order valence-electron chi connectivity index (χ4n) is 3.19. The quantitative estimate of drug-likeness (QED) is 0.192. The molecule has 4 aromatic rings. The van der Waals surface area contributed by atoms with Gasteiger partial charge in [-0.05, 0) is 43.3 Å². The second-order valence-corrected chi connectivity index (χ2v) is 6.93. The lowest BCUT2D eigenvalue weighted by molar-refractivity contribution is -0.395. The molecule has 0 bridgehead atoms. The van der Waals surface area contributed by atoms with Gasteiger partial charge in [0.1, 0.15) is 23.5 Å². The summed E-state index contributed by atoms with van der Waals surface area (Å²) >= 11 is 0. The summed E-state index contributed by atoms with van der Waals surface area (Å²) in [6.45, 7) is 1.25. The van der Waals surface area contributed by atoms with Crippen LogP contribution in [0.4, 0.5) is 22.9 Å². The third-order valence-corrected chi connectivity index (χ3v) is 4.85. The number of esters is 1. The molecule has 0 radical (unpaired) electrons. The Labute approximate surface area is 186 Å². The molecule has 1 N–H and O–H groups in total. The highest BCUT2D eigenvalue weighted by Gasteiger charge is 2.26. The van der Waals surface area contributed by atoms with Crippen LogP contribution in [0.3, 0.4) is 0 Å². The molecule has 0 fully saturated rings. The zero-order chi connectivity index (χ0) is 23.5. The SMILES string of the molecule is Cc1c([N+](=O)[O-])cc(C(=O)Oc2ccc(Nc3ncnc4ccccc34)cc2)cc1[N+](=O)[O-]. The number of fused-ring (bicyclic) bond motifs is 1. The Hall–Kier alpha value is -4.93. The first-order valence-corrected chi connectivity index (χ1v) is 9.56. The summed E-state index contributed by atoms with van der Waals surface area (Å²) in [6, 6.07) is 15.7. The molecule has 0 spiro atoms. The molecular formula is C22H15N5O6. The Morgan fingerprint density at radius 1 is 0.939 bits per heavy atom. The number of rotatable bonds is 6. The number of hydrogen-bond donors (Lipinski definition) is 1. The fraction of sp³-hybridized carbons (Fsp3) is 0.0455. The number of nitrogens with zero attached hydrogens (tertiary/aromatic N) is 4. The molecule has 33 heavy (non-hydrogen) atoms. The summed E-state index contributed by atoms with van der Waals surface area (Å²) in [5.41, 5.74) is -0.0643. The van der Waals surface area contributed by atoms with Gasteiger partial charge in [-0.25, -0.2) is 14.8 Å². The minimum Gasteiger partial charge on any atom is -0.423 e. The van der Waals surface area contributed by atoms with Crippen molar-refractivity contribution in [3.63, 3.8) is 0 Å².